The molecule has 0 radical (unpaired) electrons. The van der Waals surface area contributed by atoms with Crippen molar-refractivity contribution in [1.29, 1.82) is 0 Å². The van der Waals surface area contributed by atoms with Crippen molar-refractivity contribution in [2.75, 3.05) is 4.90 Å². The third-order valence-electron chi connectivity index (χ3n) is 7.40. The Kier molecular flexibility index (Phi) is 7.38. The topological polar surface area (TPSA) is 64.7 Å². The Bertz CT molecular complexity index is 2060. The van der Waals surface area contributed by atoms with Gasteiger partial charge in [0.25, 0.3) is 0 Å². The number of aryl methyl sites for hydroxylation is 1. The van der Waals surface area contributed by atoms with Gasteiger partial charge in [0.15, 0.2) is 17.3 Å². The zero-order valence-electron chi connectivity index (χ0n) is 24.5. The Morgan fingerprint density at radius 3 is 1.52 bits per heavy atom. The zero-order valence-corrected chi connectivity index (χ0v) is 24.5. The number of alkyl halides is 3. The molecule has 0 N–H and O–H groups in total. The maximum Gasteiger partial charge on any atom is 0.435 e. The molecule has 0 unspecified atom stereocenters. The Hall–Kier alpha value is -6.03. The third kappa shape index (κ3) is 5.63. The highest BCUT2D eigenvalue weighted by Gasteiger charge is 2.34. The van der Waals surface area contributed by atoms with Crippen LogP contribution in [-0.4, -0.2) is 29.5 Å². The van der Waals surface area contributed by atoms with Gasteiger partial charge < -0.3 is 0 Å². The number of rotatable bonds is 7. The second kappa shape index (κ2) is 11.8. The molecule has 0 aliphatic heterocycles. The summed E-state index contributed by atoms with van der Waals surface area (Å²) < 4.78 is 43.1. The van der Waals surface area contributed by atoms with Gasteiger partial charge in [-0.05, 0) is 54.4 Å². The lowest BCUT2D eigenvalue weighted by Gasteiger charge is -2.29. The quantitative estimate of drug-likeness (QED) is 0.180. The fourth-order valence-corrected chi connectivity index (χ4v) is 5.31. The van der Waals surface area contributed by atoms with Gasteiger partial charge in [0.05, 0.1) is 11.4 Å². The van der Waals surface area contributed by atoms with Crippen molar-refractivity contribution in [2.24, 2.45) is 0 Å². The Morgan fingerprint density at radius 1 is 0.543 bits per heavy atom. The molecule has 0 saturated carbocycles. The van der Waals surface area contributed by atoms with Crippen molar-refractivity contribution in [3.63, 3.8) is 0 Å². The first-order valence-electron chi connectivity index (χ1n) is 14.5. The molecule has 46 heavy (non-hydrogen) atoms. The molecule has 3 aromatic carbocycles. The van der Waals surface area contributed by atoms with E-state index in [9.17, 15) is 13.2 Å². The van der Waals surface area contributed by atoms with Crippen molar-refractivity contribution < 1.29 is 13.2 Å². The first-order chi connectivity index (χ1) is 22.3. The maximum atomic E-state index is 13.4. The van der Waals surface area contributed by atoms with Crippen LogP contribution in [0.3, 0.4) is 0 Å². The summed E-state index contributed by atoms with van der Waals surface area (Å²) in [4.78, 5) is 11.8. The largest absolute Gasteiger partial charge is 0.435 e. The van der Waals surface area contributed by atoms with Crippen LogP contribution >= 0.6 is 0 Å². The van der Waals surface area contributed by atoms with E-state index in [0.29, 0.717) is 17.5 Å². The van der Waals surface area contributed by atoms with Crippen LogP contribution in [0.15, 0.2) is 140 Å². The van der Waals surface area contributed by atoms with Crippen molar-refractivity contribution in [3.05, 3.63) is 151 Å². The molecule has 226 valence electrons. The van der Waals surface area contributed by atoms with Crippen LogP contribution in [0.2, 0.25) is 0 Å². The van der Waals surface area contributed by atoms with Gasteiger partial charge in [0.2, 0.25) is 0 Å². The number of nitrogens with zero attached hydrogens (tertiary/aromatic N) is 7. The van der Waals surface area contributed by atoms with Crippen molar-refractivity contribution in [2.45, 2.75) is 13.1 Å². The highest BCUT2D eigenvalue weighted by atomic mass is 19.4. The minimum Gasteiger partial charge on any atom is -0.278 e. The first kappa shape index (κ1) is 28.7. The van der Waals surface area contributed by atoms with Crippen LogP contribution in [-0.2, 0) is 6.18 Å². The average molecular weight is 614 g/mol. The van der Waals surface area contributed by atoms with Gasteiger partial charge in [0, 0.05) is 23.5 Å². The minimum atomic E-state index is -4.58. The molecule has 0 atom stereocenters. The van der Waals surface area contributed by atoms with Crippen LogP contribution in [0.25, 0.3) is 33.9 Å². The summed E-state index contributed by atoms with van der Waals surface area (Å²) in [6.07, 6.45) is -1.48. The standard InChI is InChI=1S/C36H26F3N7/c1-25-21-23-44(42-25)31-17-9-19-33(40-31)46(34-20-10-18-32(41-34)45-24-22-30(43-45)36(37,38)39)35-28(26-11-4-2-5-12-26)15-8-16-29(35)27-13-6-3-7-14-27/h2-24H,1H3. The molecule has 7 nitrogen and oxygen atoms in total. The lowest BCUT2D eigenvalue weighted by molar-refractivity contribution is -0.141. The van der Waals surface area contributed by atoms with Crippen LogP contribution < -0.4 is 4.90 Å². The molecule has 0 spiro atoms. The lowest BCUT2D eigenvalue weighted by atomic mass is 9.95. The summed E-state index contributed by atoms with van der Waals surface area (Å²) in [5, 5.41) is 8.32. The molecule has 10 heteroatoms. The highest BCUT2D eigenvalue weighted by molar-refractivity contribution is 5.96. The van der Waals surface area contributed by atoms with Gasteiger partial charge in [-0.15, -0.1) is 0 Å². The van der Waals surface area contributed by atoms with E-state index in [1.54, 1.807) is 22.9 Å². The molecule has 4 aromatic heterocycles. The molecule has 0 saturated heterocycles. The normalized spacial score (nSPS) is 11.5. The Balaban J connectivity index is 1.50. The second-order valence-electron chi connectivity index (χ2n) is 10.5. The summed E-state index contributed by atoms with van der Waals surface area (Å²) in [6, 6.07) is 39.7. The number of halogens is 3. The summed E-state index contributed by atoms with van der Waals surface area (Å²) in [5.74, 6) is 1.78. The summed E-state index contributed by atoms with van der Waals surface area (Å²) in [7, 11) is 0. The van der Waals surface area contributed by atoms with E-state index < -0.39 is 11.9 Å². The van der Waals surface area contributed by atoms with E-state index in [-0.39, 0.29) is 5.82 Å². The maximum absolute atomic E-state index is 13.4. The lowest BCUT2D eigenvalue weighted by Crippen LogP contribution is -2.17. The molecule has 0 aliphatic carbocycles. The van der Waals surface area contributed by atoms with Gasteiger partial charge in [-0.1, -0.05) is 91.0 Å². The van der Waals surface area contributed by atoms with Gasteiger partial charge in [-0.2, -0.15) is 23.4 Å². The average Bonchev–Trinajstić information content (AvgIpc) is 3.77. The van der Waals surface area contributed by atoms with E-state index in [1.807, 2.05) is 121 Å². The van der Waals surface area contributed by atoms with Gasteiger partial charge >= 0.3 is 6.18 Å². The van der Waals surface area contributed by atoms with Gasteiger partial charge in [-0.3, -0.25) is 4.90 Å². The summed E-state index contributed by atoms with van der Waals surface area (Å²) in [5.41, 5.74) is 4.40. The van der Waals surface area contributed by atoms with Crippen LogP contribution in [0, 0.1) is 6.92 Å². The number of pyridine rings is 2. The van der Waals surface area contributed by atoms with Crippen LogP contribution in [0.4, 0.5) is 30.5 Å². The SMILES string of the molecule is Cc1ccn(-c2cccc(N(c3cccc(-n4ccc(C(F)(F)F)n4)n3)c3c(-c4ccccc4)cccc3-c3ccccc3)n2)n1. The predicted molar refractivity (Wildman–Crippen MR) is 172 cm³/mol. The van der Waals surface area contributed by atoms with Crippen molar-refractivity contribution in [3.8, 4) is 33.9 Å². The van der Waals surface area contributed by atoms with Crippen LogP contribution in [0.5, 0.6) is 0 Å². The monoisotopic (exact) mass is 613 g/mol. The second-order valence-corrected chi connectivity index (χ2v) is 10.5. The number of anilines is 3. The molecule has 4 heterocycles. The number of aromatic nitrogens is 6. The molecule has 7 rings (SSSR count). The number of para-hydroxylation sites is 1. The third-order valence-corrected chi connectivity index (χ3v) is 7.40. The smallest absolute Gasteiger partial charge is 0.278 e. The highest BCUT2D eigenvalue weighted by Crippen LogP contribution is 2.45. The van der Waals surface area contributed by atoms with E-state index in [1.165, 1.54) is 6.20 Å². The summed E-state index contributed by atoms with van der Waals surface area (Å²) >= 11 is 0. The van der Waals surface area contributed by atoms with Gasteiger partial charge in [-0.25, -0.2) is 19.3 Å². The van der Waals surface area contributed by atoms with E-state index in [4.69, 9.17) is 9.97 Å². The minimum absolute atomic E-state index is 0.218. The van der Waals surface area contributed by atoms with Crippen LogP contribution in [0.1, 0.15) is 11.4 Å². The summed E-state index contributed by atoms with van der Waals surface area (Å²) in [6.45, 7) is 1.91. The van der Waals surface area contributed by atoms with E-state index >= 15 is 0 Å². The Morgan fingerprint density at radius 2 is 1.04 bits per heavy atom. The molecule has 0 amide bonds. The van der Waals surface area contributed by atoms with Crippen molar-refractivity contribution in [1.82, 2.24) is 29.5 Å². The number of hydrogen-bond acceptors (Lipinski definition) is 5. The number of benzene rings is 3. The van der Waals surface area contributed by atoms with Gasteiger partial charge in [0.1, 0.15) is 11.6 Å². The predicted octanol–water partition coefficient (Wildman–Crippen LogP) is 8.98. The molecule has 0 bridgehead atoms. The molecular weight excluding hydrogens is 587 g/mol. The zero-order chi connectivity index (χ0) is 31.7. The van der Waals surface area contributed by atoms with E-state index in [2.05, 4.69) is 10.2 Å². The number of hydrogen-bond donors (Lipinski definition) is 0. The first-order valence-corrected chi connectivity index (χ1v) is 14.5. The van der Waals surface area contributed by atoms with Crippen molar-refractivity contribution >= 4 is 17.3 Å². The fourth-order valence-electron chi connectivity index (χ4n) is 5.31. The molecule has 7 aromatic rings. The Labute approximate surface area is 262 Å². The molecular formula is C36H26F3N7. The van der Waals surface area contributed by atoms with E-state index in [0.717, 1.165) is 44.4 Å². The molecule has 0 aliphatic rings. The molecule has 0 fully saturated rings. The fraction of sp³-hybridized carbons (Fsp3) is 0.0556.